The monoisotopic (exact) mass is 406 g/mol. The van der Waals surface area contributed by atoms with Gasteiger partial charge < -0.3 is 25.2 Å². The predicted octanol–water partition coefficient (Wildman–Crippen LogP) is 3.37. The van der Waals surface area contributed by atoms with Gasteiger partial charge in [-0.3, -0.25) is 4.79 Å². The fourth-order valence-corrected chi connectivity index (χ4v) is 3.42. The van der Waals surface area contributed by atoms with Gasteiger partial charge in [-0.25, -0.2) is 9.18 Å². The number of nitrogens with one attached hydrogen (secondary N) is 1. The topological polar surface area (TPSA) is 111 Å². The van der Waals surface area contributed by atoms with Gasteiger partial charge in [-0.05, 0) is 57.2 Å². The maximum atomic E-state index is 14.8. The van der Waals surface area contributed by atoms with Crippen LogP contribution in [0.2, 0.25) is 0 Å². The average Bonchev–Trinajstić information content (AvgIpc) is 3.01. The van der Waals surface area contributed by atoms with E-state index < -0.39 is 11.5 Å². The predicted molar refractivity (Wildman–Crippen MR) is 106 cm³/mol. The first-order valence-electron chi connectivity index (χ1n) is 9.73. The maximum absolute atomic E-state index is 14.8. The summed E-state index contributed by atoms with van der Waals surface area (Å²) in [6.45, 7) is 6.80. The lowest BCUT2D eigenvalue weighted by atomic mass is 9.88. The summed E-state index contributed by atoms with van der Waals surface area (Å²) >= 11 is 0. The molecule has 2 heterocycles. The number of nitrogens with zero attached hydrogens (tertiary/aromatic N) is 2. The number of primary amides is 1. The lowest BCUT2D eigenvalue weighted by Crippen LogP contribution is -2.41. The fraction of sp³-hybridized carbons (Fsp3) is 0.550. The number of aromatic nitrogens is 1. The number of amides is 2. The molecule has 9 heteroatoms. The van der Waals surface area contributed by atoms with E-state index in [9.17, 15) is 14.0 Å². The quantitative estimate of drug-likeness (QED) is 0.788. The highest BCUT2D eigenvalue weighted by atomic mass is 19.1. The summed E-state index contributed by atoms with van der Waals surface area (Å²) in [4.78, 5) is 24.7. The summed E-state index contributed by atoms with van der Waals surface area (Å²) in [6, 6.07) is 3.07. The molecule has 1 fully saturated rings. The van der Waals surface area contributed by atoms with Crippen molar-refractivity contribution in [2.24, 2.45) is 5.73 Å². The summed E-state index contributed by atoms with van der Waals surface area (Å²) in [5, 5.41) is 7.36. The molecule has 0 bridgehead atoms. The zero-order chi connectivity index (χ0) is 21.2. The number of halogens is 1. The SMILES string of the molecule is CC(C)(C)OC(=O)N1CCC(c2cc3onc(NCCC(N)=O)c3cc2F)CC1. The summed E-state index contributed by atoms with van der Waals surface area (Å²) in [7, 11) is 0. The minimum Gasteiger partial charge on any atom is -0.444 e. The van der Waals surface area contributed by atoms with Crippen LogP contribution in [0.25, 0.3) is 11.0 Å². The number of hydrogen-bond donors (Lipinski definition) is 2. The number of nitrogens with two attached hydrogens (primary N) is 1. The number of benzene rings is 1. The number of hydrogen-bond acceptors (Lipinski definition) is 6. The molecule has 2 amide bonds. The molecule has 1 aromatic heterocycles. The lowest BCUT2D eigenvalue weighted by Gasteiger charge is -2.33. The Bertz CT molecular complexity index is 898. The molecular formula is C20H27FN4O4. The van der Waals surface area contributed by atoms with Gasteiger partial charge in [0, 0.05) is 26.1 Å². The van der Waals surface area contributed by atoms with E-state index in [0.29, 0.717) is 54.8 Å². The number of anilines is 1. The van der Waals surface area contributed by atoms with Crippen LogP contribution in [-0.2, 0) is 9.53 Å². The third-order valence-corrected chi connectivity index (χ3v) is 4.84. The van der Waals surface area contributed by atoms with Crippen LogP contribution in [0.3, 0.4) is 0 Å². The largest absolute Gasteiger partial charge is 0.444 e. The third kappa shape index (κ3) is 5.16. The van der Waals surface area contributed by atoms with Gasteiger partial charge >= 0.3 is 6.09 Å². The molecule has 1 aromatic carbocycles. The highest BCUT2D eigenvalue weighted by molar-refractivity contribution is 5.89. The van der Waals surface area contributed by atoms with E-state index in [-0.39, 0.29) is 24.2 Å². The van der Waals surface area contributed by atoms with Gasteiger partial charge in [-0.1, -0.05) is 5.16 Å². The second-order valence-corrected chi connectivity index (χ2v) is 8.29. The minimum atomic E-state index is -0.541. The molecule has 0 unspecified atom stereocenters. The first kappa shape index (κ1) is 20.9. The summed E-state index contributed by atoms with van der Waals surface area (Å²) in [5.41, 5.74) is 5.60. The Labute approximate surface area is 168 Å². The van der Waals surface area contributed by atoms with Crippen molar-refractivity contribution in [2.45, 2.75) is 51.6 Å². The Balaban J connectivity index is 1.67. The van der Waals surface area contributed by atoms with Crippen molar-refractivity contribution in [3.8, 4) is 0 Å². The van der Waals surface area contributed by atoms with E-state index in [4.69, 9.17) is 15.0 Å². The number of piperidine rings is 1. The Hall–Kier alpha value is -2.84. The number of likely N-dealkylation sites (tertiary alicyclic amines) is 1. The average molecular weight is 406 g/mol. The molecule has 1 aliphatic rings. The first-order chi connectivity index (χ1) is 13.6. The smallest absolute Gasteiger partial charge is 0.410 e. The van der Waals surface area contributed by atoms with Crippen LogP contribution in [0.15, 0.2) is 16.7 Å². The van der Waals surface area contributed by atoms with Crippen LogP contribution < -0.4 is 11.1 Å². The number of fused-ring (bicyclic) bond motifs is 1. The molecule has 158 valence electrons. The highest BCUT2D eigenvalue weighted by Crippen LogP contribution is 2.34. The fourth-order valence-electron chi connectivity index (χ4n) is 3.42. The summed E-state index contributed by atoms with van der Waals surface area (Å²) < 4.78 is 25.5. The van der Waals surface area contributed by atoms with Gasteiger partial charge in [0.25, 0.3) is 0 Å². The number of carbonyl (C=O) groups excluding carboxylic acids is 2. The zero-order valence-electron chi connectivity index (χ0n) is 17.0. The van der Waals surface area contributed by atoms with Crippen molar-refractivity contribution >= 4 is 28.8 Å². The van der Waals surface area contributed by atoms with Crippen LogP contribution in [0.1, 0.15) is 51.5 Å². The van der Waals surface area contributed by atoms with Crippen LogP contribution in [-0.4, -0.2) is 47.3 Å². The van der Waals surface area contributed by atoms with Crippen LogP contribution in [0.5, 0.6) is 0 Å². The van der Waals surface area contributed by atoms with Gasteiger partial charge in [0.15, 0.2) is 11.4 Å². The van der Waals surface area contributed by atoms with Gasteiger partial charge in [0.2, 0.25) is 5.91 Å². The van der Waals surface area contributed by atoms with Crippen molar-refractivity contribution in [1.29, 1.82) is 0 Å². The third-order valence-electron chi connectivity index (χ3n) is 4.84. The number of ether oxygens (including phenoxy) is 1. The molecule has 0 spiro atoms. The molecule has 0 aliphatic carbocycles. The molecule has 29 heavy (non-hydrogen) atoms. The molecule has 2 aromatic rings. The Morgan fingerprint density at radius 1 is 1.34 bits per heavy atom. The molecule has 0 atom stereocenters. The Kier molecular flexibility index (Phi) is 5.95. The van der Waals surface area contributed by atoms with Crippen LogP contribution in [0.4, 0.5) is 15.0 Å². The lowest BCUT2D eigenvalue weighted by molar-refractivity contribution is -0.117. The normalized spacial score (nSPS) is 15.5. The molecule has 3 N–H and O–H groups in total. The molecule has 0 radical (unpaired) electrons. The molecule has 3 rings (SSSR count). The van der Waals surface area contributed by atoms with Gasteiger partial charge in [-0.2, -0.15) is 0 Å². The van der Waals surface area contributed by atoms with Crippen molar-refractivity contribution in [2.75, 3.05) is 25.0 Å². The van der Waals surface area contributed by atoms with Crippen molar-refractivity contribution in [3.05, 3.63) is 23.5 Å². The maximum Gasteiger partial charge on any atom is 0.410 e. The summed E-state index contributed by atoms with van der Waals surface area (Å²) in [5.74, 6) is -0.410. The van der Waals surface area contributed by atoms with Crippen molar-refractivity contribution < 1.29 is 23.2 Å². The van der Waals surface area contributed by atoms with Crippen LogP contribution >= 0.6 is 0 Å². The second-order valence-electron chi connectivity index (χ2n) is 8.29. The number of carbonyl (C=O) groups is 2. The standard InChI is InChI=1S/C20H27FN4O4/c1-20(2,3)28-19(27)25-8-5-12(6-9-25)13-11-16-14(10-15(13)21)18(24-29-16)23-7-4-17(22)26/h10-12H,4-9H2,1-3H3,(H2,22,26)(H,23,24). The van der Waals surface area contributed by atoms with Crippen LogP contribution in [0, 0.1) is 5.82 Å². The molecule has 0 saturated carbocycles. The minimum absolute atomic E-state index is 0.0190. The van der Waals surface area contributed by atoms with Gasteiger partial charge in [0.1, 0.15) is 11.4 Å². The van der Waals surface area contributed by atoms with E-state index in [1.54, 1.807) is 11.0 Å². The molecule has 1 saturated heterocycles. The molecule has 1 aliphatic heterocycles. The van der Waals surface area contributed by atoms with E-state index in [0.717, 1.165) is 0 Å². The molecule has 8 nitrogen and oxygen atoms in total. The summed E-state index contributed by atoms with van der Waals surface area (Å²) in [6.07, 6.45) is 1.08. The van der Waals surface area contributed by atoms with Crippen molar-refractivity contribution in [1.82, 2.24) is 10.1 Å². The zero-order valence-corrected chi connectivity index (χ0v) is 17.0. The second kappa shape index (κ2) is 8.26. The molecular weight excluding hydrogens is 379 g/mol. The number of rotatable bonds is 5. The van der Waals surface area contributed by atoms with E-state index >= 15 is 0 Å². The van der Waals surface area contributed by atoms with Crippen molar-refractivity contribution in [3.63, 3.8) is 0 Å². The van der Waals surface area contributed by atoms with E-state index in [1.807, 2.05) is 20.8 Å². The van der Waals surface area contributed by atoms with Gasteiger partial charge in [-0.15, -0.1) is 0 Å². The Morgan fingerprint density at radius 3 is 2.66 bits per heavy atom. The Morgan fingerprint density at radius 2 is 2.03 bits per heavy atom. The highest BCUT2D eigenvalue weighted by Gasteiger charge is 2.29. The van der Waals surface area contributed by atoms with E-state index in [1.165, 1.54) is 6.07 Å². The van der Waals surface area contributed by atoms with Gasteiger partial charge in [0.05, 0.1) is 5.39 Å². The van der Waals surface area contributed by atoms with E-state index in [2.05, 4.69) is 10.5 Å². The first-order valence-corrected chi connectivity index (χ1v) is 9.73.